The predicted octanol–water partition coefficient (Wildman–Crippen LogP) is 1.02. The zero-order chi connectivity index (χ0) is 13.0. The van der Waals surface area contributed by atoms with Crippen molar-refractivity contribution >= 4 is 23.5 Å². The molecule has 0 amide bonds. The predicted molar refractivity (Wildman–Crippen MR) is 68.5 cm³/mol. The van der Waals surface area contributed by atoms with Gasteiger partial charge in [0.2, 0.25) is 17.2 Å². The number of nitrogens with one attached hydrogen (secondary N) is 1. The first-order valence-corrected chi connectivity index (χ1v) is 5.78. The van der Waals surface area contributed by atoms with Gasteiger partial charge in [-0.2, -0.15) is 15.0 Å². The fourth-order valence-corrected chi connectivity index (χ4v) is 1.21. The summed E-state index contributed by atoms with van der Waals surface area (Å²) in [7, 11) is 3.64. The topological polar surface area (TPSA) is 74.2 Å². The third kappa shape index (κ3) is 4.32. The average molecular weight is 260 g/mol. The molecule has 2 N–H and O–H groups in total. The lowest BCUT2D eigenvalue weighted by Crippen LogP contribution is -2.26. The molecular weight excluding hydrogens is 242 g/mol. The molecular formula is C10H18ClN5O. The summed E-state index contributed by atoms with van der Waals surface area (Å²) in [5.74, 6) is 1.02. The maximum atomic E-state index is 9.66. The number of nitrogens with zero attached hydrogens (tertiary/aromatic N) is 4. The molecule has 6 nitrogen and oxygen atoms in total. The Morgan fingerprint density at radius 3 is 2.47 bits per heavy atom. The summed E-state index contributed by atoms with van der Waals surface area (Å²) in [6, 6.07) is 0. The van der Waals surface area contributed by atoms with E-state index in [0.717, 1.165) is 0 Å². The van der Waals surface area contributed by atoms with Crippen LogP contribution in [0.1, 0.15) is 13.8 Å². The maximum absolute atomic E-state index is 9.66. The Hall–Kier alpha value is -1.14. The molecule has 0 aliphatic carbocycles. The molecule has 1 heterocycles. The van der Waals surface area contributed by atoms with Crippen LogP contribution >= 0.6 is 11.6 Å². The van der Waals surface area contributed by atoms with Crippen LogP contribution in [0.25, 0.3) is 0 Å². The van der Waals surface area contributed by atoms with Gasteiger partial charge in [-0.15, -0.1) is 0 Å². The number of aromatic nitrogens is 3. The Labute approximate surface area is 106 Å². The minimum Gasteiger partial charge on any atom is -0.391 e. The maximum Gasteiger partial charge on any atom is 0.230 e. The molecule has 0 aliphatic heterocycles. The largest absolute Gasteiger partial charge is 0.391 e. The second-order valence-corrected chi connectivity index (χ2v) is 4.65. The Balaban J connectivity index is 2.71. The van der Waals surface area contributed by atoms with Gasteiger partial charge < -0.3 is 15.3 Å². The molecule has 1 aromatic heterocycles. The number of hydrogen-bond acceptors (Lipinski definition) is 6. The summed E-state index contributed by atoms with van der Waals surface area (Å²) in [6.45, 7) is 4.26. The van der Waals surface area contributed by atoms with Crippen molar-refractivity contribution < 1.29 is 5.11 Å². The number of halogens is 1. The number of rotatable bonds is 5. The summed E-state index contributed by atoms with van der Waals surface area (Å²) >= 11 is 5.78. The van der Waals surface area contributed by atoms with Crippen molar-refractivity contribution in [2.75, 3.05) is 30.9 Å². The zero-order valence-electron chi connectivity index (χ0n) is 10.5. The molecule has 7 heteroatoms. The molecule has 0 spiro atoms. The van der Waals surface area contributed by atoms with E-state index in [1.165, 1.54) is 0 Å². The molecule has 1 atom stereocenters. The Morgan fingerprint density at radius 2 is 1.94 bits per heavy atom. The minimum atomic E-state index is -0.451. The average Bonchev–Trinajstić information content (AvgIpc) is 2.24. The first kappa shape index (κ1) is 13.9. The van der Waals surface area contributed by atoms with Gasteiger partial charge in [0.15, 0.2) is 0 Å². The Morgan fingerprint density at radius 1 is 1.29 bits per heavy atom. The second-order valence-electron chi connectivity index (χ2n) is 4.31. The number of aliphatic hydroxyl groups is 1. The van der Waals surface area contributed by atoms with E-state index in [1.807, 2.05) is 27.9 Å². The highest BCUT2D eigenvalue weighted by atomic mass is 35.5. The van der Waals surface area contributed by atoms with Crippen molar-refractivity contribution in [1.82, 2.24) is 15.0 Å². The fourth-order valence-electron chi connectivity index (χ4n) is 1.05. The van der Waals surface area contributed by atoms with Crippen molar-refractivity contribution in [3.8, 4) is 0 Å². The van der Waals surface area contributed by atoms with Crippen LogP contribution in [0, 0.1) is 5.92 Å². The molecule has 0 aromatic carbocycles. The van der Waals surface area contributed by atoms with Crippen molar-refractivity contribution in [2.24, 2.45) is 5.92 Å². The highest BCUT2D eigenvalue weighted by Crippen LogP contribution is 2.12. The number of hydrogen-bond donors (Lipinski definition) is 2. The highest BCUT2D eigenvalue weighted by Gasteiger charge is 2.11. The molecule has 1 unspecified atom stereocenters. The smallest absolute Gasteiger partial charge is 0.230 e. The van der Waals surface area contributed by atoms with Gasteiger partial charge in [0.1, 0.15) is 0 Å². The third-order valence-corrected chi connectivity index (χ3v) is 2.40. The normalized spacial score (nSPS) is 12.6. The van der Waals surface area contributed by atoms with E-state index in [0.29, 0.717) is 18.4 Å². The second kappa shape index (κ2) is 5.97. The molecule has 0 saturated carbocycles. The van der Waals surface area contributed by atoms with Gasteiger partial charge in [-0.05, 0) is 17.5 Å². The van der Waals surface area contributed by atoms with E-state index < -0.39 is 6.10 Å². The van der Waals surface area contributed by atoms with Crippen molar-refractivity contribution in [3.05, 3.63) is 5.28 Å². The molecule has 17 heavy (non-hydrogen) atoms. The summed E-state index contributed by atoms with van der Waals surface area (Å²) in [5.41, 5.74) is 0. The van der Waals surface area contributed by atoms with Crippen LogP contribution in [0.2, 0.25) is 5.28 Å². The number of aliphatic hydroxyl groups excluding tert-OH is 1. The van der Waals surface area contributed by atoms with Crippen LogP contribution < -0.4 is 10.2 Å². The van der Waals surface area contributed by atoms with Gasteiger partial charge in [-0.25, -0.2) is 0 Å². The lowest BCUT2D eigenvalue weighted by atomic mass is 10.1. The lowest BCUT2D eigenvalue weighted by molar-refractivity contribution is 0.137. The molecule has 0 radical (unpaired) electrons. The Kier molecular flexibility index (Phi) is 4.89. The van der Waals surface area contributed by atoms with Crippen LogP contribution in [0.3, 0.4) is 0 Å². The van der Waals surface area contributed by atoms with Gasteiger partial charge in [0.05, 0.1) is 6.10 Å². The van der Waals surface area contributed by atoms with Crippen molar-refractivity contribution in [2.45, 2.75) is 20.0 Å². The van der Waals surface area contributed by atoms with Crippen LogP contribution in [0.4, 0.5) is 11.9 Å². The first-order chi connectivity index (χ1) is 7.90. The van der Waals surface area contributed by atoms with Gasteiger partial charge in [-0.3, -0.25) is 0 Å². The molecule has 0 saturated heterocycles. The van der Waals surface area contributed by atoms with Crippen LogP contribution in [0.15, 0.2) is 0 Å². The molecule has 96 valence electrons. The van der Waals surface area contributed by atoms with E-state index in [2.05, 4.69) is 20.3 Å². The summed E-state index contributed by atoms with van der Waals surface area (Å²) in [4.78, 5) is 13.8. The van der Waals surface area contributed by atoms with Crippen molar-refractivity contribution in [1.29, 1.82) is 0 Å². The molecule has 0 aliphatic rings. The molecule has 0 bridgehead atoms. The summed E-state index contributed by atoms with van der Waals surface area (Å²) in [5, 5.41) is 12.7. The van der Waals surface area contributed by atoms with Gasteiger partial charge in [0, 0.05) is 20.6 Å². The molecule has 1 aromatic rings. The summed E-state index contributed by atoms with van der Waals surface area (Å²) in [6.07, 6.45) is -0.451. The minimum absolute atomic E-state index is 0.130. The van der Waals surface area contributed by atoms with E-state index in [9.17, 15) is 5.11 Å². The molecule has 1 rings (SSSR count). The van der Waals surface area contributed by atoms with Gasteiger partial charge in [-0.1, -0.05) is 13.8 Å². The monoisotopic (exact) mass is 259 g/mol. The fraction of sp³-hybridized carbons (Fsp3) is 0.700. The van der Waals surface area contributed by atoms with E-state index in [-0.39, 0.29) is 11.2 Å². The summed E-state index contributed by atoms with van der Waals surface area (Å²) < 4.78 is 0. The van der Waals surface area contributed by atoms with Gasteiger partial charge >= 0.3 is 0 Å². The quantitative estimate of drug-likeness (QED) is 0.823. The number of anilines is 2. The lowest BCUT2D eigenvalue weighted by Gasteiger charge is -2.16. The van der Waals surface area contributed by atoms with Crippen LogP contribution in [0.5, 0.6) is 0 Å². The first-order valence-electron chi connectivity index (χ1n) is 5.41. The van der Waals surface area contributed by atoms with Crippen LogP contribution in [-0.2, 0) is 0 Å². The SMILES string of the molecule is CC(C)C(O)CNc1nc(Cl)nc(N(C)C)n1. The van der Waals surface area contributed by atoms with Crippen LogP contribution in [-0.4, -0.2) is 46.8 Å². The van der Waals surface area contributed by atoms with E-state index >= 15 is 0 Å². The van der Waals surface area contributed by atoms with Crippen molar-refractivity contribution in [3.63, 3.8) is 0 Å². The molecule has 0 fully saturated rings. The van der Waals surface area contributed by atoms with E-state index in [1.54, 1.807) is 4.90 Å². The van der Waals surface area contributed by atoms with Gasteiger partial charge in [0.25, 0.3) is 0 Å². The van der Waals surface area contributed by atoms with E-state index in [4.69, 9.17) is 11.6 Å². The standard InChI is InChI=1S/C10H18ClN5O/c1-6(2)7(17)5-12-9-13-8(11)14-10(15-9)16(3)4/h6-7,17H,5H2,1-4H3,(H,12,13,14,15). The zero-order valence-corrected chi connectivity index (χ0v) is 11.2. The highest BCUT2D eigenvalue weighted by molar-refractivity contribution is 6.28. The third-order valence-electron chi connectivity index (χ3n) is 2.24. The Bertz CT molecular complexity index is 372.